The van der Waals surface area contributed by atoms with Gasteiger partial charge in [-0.25, -0.2) is 0 Å². The summed E-state index contributed by atoms with van der Waals surface area (Å²) >= 11 is 0. The van der Waals surface area contributed by atoms with Crippen LogP contribution in [0.15, 0.2) is 24.3 Å². The average molecular weight is 189 g/mol. The van der Waals surface area contributed by atoms with E-state index in [2.05, 4.69) is 49.9 Å². The minimum atomic E-state index is 0.702. The van der Waals surface area contributed by atoms with Crippen LogP contribution in [0.4, 0.5) is 5.69 Å². The number of nitrogens with zero attached hydrogens (tertiary/aromatic N) is 1. The van der Waals surface area contributed by atoms with Crippen molar-refractivity contribution in [1.29, 1.82) is 0 Å². The van der Waals surface area contributed by atoms with E-state index in [1.165, 1.54) is 24.1 Å². The van der Waals surface area contributed by atoms with E-state index in [9.17, 15) is 0 Å². The van der Waals surface area contributed by atoms with Crippen molar-refractivity contribution in [3.05, 3.63) is 29.8 Å². The summed E-state index contributed by atoms with van der Waals surface area (Å²) in [5.41, 5.74) is 2.72. The van der Waals surface area contributed by atoms with Gasteiger partial charge < -0.3 is 4.90 Å². The molecule has 1 nitrogen and oxygen atoms in total. The third kappa shape index (κ3) is 1.63. The van der Waals surface area contributed by atoms with E-state index < -0.39 is 0 Å². The quantitative estimate of drug-likeness (QED) is 0.654. The summed E-state index contributed by atoms with van der Waals surface area (Å²) in [5.74, 6) is 0. The standard InChI is InChI=1S/C13H19N/c1-10-4-8-13(9-5-10)14-11(2)6-7-12(14)3/h4-5,8-9,11-12H,6-7H2,1-3H3/t11-,12-/m1/s1. The molecule has 1 aromatic carbocycles. The Balaban J connectivity index is 2.25. The third-order valence-corrected chi connectivity index (χ3v) is 3.28. The predicted octanol–water partition coefficient (Wildman–Crippen LogP) is 3.37. The molecule has 0 saturated carbocycles. The highest BCUT2D eigenvalue weighted by Gasteiger charge is 2.26. The second-order valence-electron chi connectivity index (χ2n) is 4.52. The normalized spacial score (nSPS) is 26.9. The maximum absolute atomic E-state index is 2.54. The number of aryl methyl sites for hydroxylation is 1. The van der Waals surface area contributed by atoms with E-state index in [0.29, 0.717) is 12.1 Å². The summed E-state index contributed by atoms with van der Waals surface area (Å²) in [6.07, 6.45) is 2.66. The number of hydrogen-bond acceptors (Lipinski definition) is 1. The van der Waals surface area contributed by atoms with Gasteiger partial charge in [-0.3, -0.25) is 0 Å². The van der Waals surface area contributed by atoms with Crippen molar-refractivity contribution in [2.45, 2.75) is 45.7 Å². The lowest BCUT2D eigenvalue weighted by Crippen LogP contribution is -2.32. The van der Waals surface area contributed by atoms with Crippen molar-refractivity contribution in [1.82, 2.24) is 0 Å². The highest BCUT2D eigenvalue weighted by molar-refractivity contribution is 5.50. The van der Waals surface area contributed by atoms with Crippen LogP contribution in [0.1, 0.15) is 32.3 Å². The third-order valence-electron chi connectivity index (χ3n) is 3.28. The Morgan fingerprint density at radius 3 is 2.00 bits per heavy atom. The molecule has 0 bridgehead atoms. The molecule has 1 heterocycles. The Kier molecular flexibility index (Phi) is 2.49. The van der Waals surface area contributed by atoms with E-state index in [-0.39, 0.29) is 0 Å². The molecule has 0 aliphatic carbocycles. The van der Waals surface area contributed by atoms with Crippen LogP contribution in [0.2, 0.25) is 0 Å². The second-order valence-corrected chi connectivity index (χ2v) is 4.52. The zero-order valence-corrected chi connectivity index (χ0v) is 9.33. The minimum Gasteiger partial charge on any atom is -0.366 e. The highest BCUT2D eigenvalue weighted by Crippen LogP contribution is 2.29. The molecule has 76 valence electrons. The van der Waals surface area contributed by atoms with Gasteiger partial charge in [-0.2, -0.15) is 0 Å². The molecule has 1 heteroatoms. The van der Waals surface area contributed by atoms with E-state index in [0.717, 1.165) is 0 Å². The molecule has 14 heavy (non-hydrogen) atoms. The topological polar surface area (TPSA) is 3.24 Å². The summed E-state index contributed by atoms with van der Waals surface area (Å²) in [4.78, 5) is 2.54. The van der Waals surface area contributed by atoms with Gasteiger partial charge in [-0.1, -0.05) is 17.7 Å². The van der Waals surface area contributed by atoms with Gasteiger partial charge in [-0.05, 0) is 45.7 Å². The second kappa shape index (κ2) is 3.64. The average Bonchev–Trinajstić information content (AvgIpc) is 2.49. The molecular weight excluding hydrogens is 170 g/mol. The Labute approximate surface area is 86.7 Å². The van der Waals surface area contributed by atoms with Crippen molar-refractivity contribution in [2.24, 2.45) is 0 Å². The molecule has 1 fully saturated rings. The number of benzene rings is 1. The first-order valence-electron chi connectivity index (χ1n) is 5.53. The highest BCUT2D eigenvalue weighted by atomic mass is 15.2. The number of hydrogen-bond donors (Lipinski definition) is 0. The molecule has 2 atom stereocenters. The molecule has 0 radical (unpaired) electrons. The lowest BCUT2D eigenvalue weighted by Gasteiger charge is -2.28. The van der Waals surface area contributed by atoms with Gasteiger partial charge >= 0.3 is 0 Å². The van der Waals surface area contributed by atoms with Gasteiger partial charge in [0.15, 0.2) is 0 Å². The molecule has 1 aliphatic heterocycles. The molecule has 0 aromatic heterocycles. The fourth-order valence-corrected chi connectivity index (χ4v) is 2.42. The first kappa shape index (κ1) is 9.57. The minimum absolute atomic E-state index is 0.702. The Bertz CT molecular complexity index is 292. The van der Waals surface area contributed by atoms with E-state index >= 15 is 0 Å². The molecule has 1 saturated heterocycles. The number of anilines is 1. The van der Waals surface area contributed by atoms with Gasteiger partial charge in [-0.15, -0.1) is 0 Å². The van der Waals surface area contributed by atoms with Crippen LogP contribution in [0.3, 0.4) is 0 Å². The smallest absolute Gasteiger partial charge is 0.0371 e. The van der Waals surface area contributed by atoms with Crippen molar-refractivity contribution >= 4 is 5.69 Å². The first-order chi connectivity index (χ1) is 6.68. The predicted molar refractivity (Wildman–Crippen MR) is 61.8 cm³/mol. The molecule has 1 aliphatic rings. The number of rotatable bonds is 1. The van der Waals surface area contributed by atoms with Crippen molar-refractivity contribution in [3.63, 3.8) is 0 Å². The molecule has 0 unspecified atom stereocenters. The summed E-state index contributed by atoms with van der Waals surface area (Å²) in [7, 11) is 0. The van der Waals surface area contributed by atoms with Gasteiger partial charge in [0.05, 0.1) is 0 Å². The zero-order chi connectivity index (χ0) is 10.1. The molecule has 0 amide bonds. The van der Waals surface area contributed by atoms with Gasteiger partial charge in [0.1, 0.15) is 0 Å². The van der Waals surface area contributed by atoms with E-state index in [1.807, 2.05) is 0 Å². The van der Waals surface area contributed by atoms with Crippen LogP contribution in [-0.4, -0.2) is 12.1 Å². The van der Waals surface area contributed by atoms with Crippen LogP contribution in [0, 0.1) is 6.92 Å². The molecule has 0 N–H and O–H groups in total. The van der Waals surface area contributed by atoms with Crippen LogP contribution >= 0.6 is 0 Å². The van der Waals surface area contributed by atoms with Crippen molar-refractivity contribution in [2.75, 3.05) is 4.90 Å². The molecular formula is C13H19N. The van der Waals surface area contributed by atoms with Crippen LogP contribution in [0.25, 0.3) is 0 Å². The van der Waals surface area contributed by atoms with Gasteiger partial charge in [0.2, 0.25) is 0 Å². The van der Waals surface area contributed by atoms with Crippen LogP contribution < -0.4 is 4.90 Å². The van der Waals surface area contributed by atoms with Gasteiger partial charge in [0.25, 0.3) is 0 Å². The fraction of sp³-hybridized carbons (Fsp3) is 0.538. The summed E-state index contributed by atoms with van der Waals surface area (Å²) in [5, 5.41) is 0. The monoisotopic (exact) mass is 189 g/mol. The Hall–Kier alpha value is -0.980. The Morgan fingerprint density at radius 2 is 1.50 bits per heavy atom. The maximum atomic E-state index is 2.54. The first-order valence-corrected chi connectivity index (χ1v) is 5.53. The molecule has 2 rings (SSSR count). The van der Waals surface area contributed by atoms with E-state index in [4.69, 9.17) is 0 Å². The lowest BCUT2D eigenvalue weighted by atomic mass is 10.2. The lowest BCUT2D eigenvalue weighted by molar-refractivity contribution is 0.694. The van der Waals surface area contributed by atoms with E-state index in [1.54, 1.807) is 0 Å². The zero-order valence-electron chi connectivity index (χ0n) is 9.33. The largest absolute Gasteiger partial charge is 0.366 e. The summed E-state index contributed by atoms with van der Waals surface area (Å²) in [6, 6.07) is 10.3. The summed E-state index contributed by atoms with van der Waals surface area (Å²) in [6.45, 7) is 6.79. The molecule has 1 aromatic rings. The maximum Gasteiger partial charge on any atom is 0.0371 e. The van der Waals surface area contributed by atoms with Crippen molar-refractivity contribution < 1.29 is 0 Å². The van der Waals surface area contributed by atoms with Crippen LogP contribution in [0.5, 0.6) is 0 Å². The SMILES string of the molecule is Cc1ccc(N2[C@H](C)CC[C@H]2C)cc1. The van der Waals surface area contributed by atoms with Crippen molar-refractivity contribution in [3.8, 4) is 0 Å². The summed E-state index contributed by atoms with van der Waals surface area (Å²) < 4.78 is 0. The van der Waals surface area contributed by atoms with Gasteiger partial charge in [0, 0.05) is 17.8 Å². The van der Waals surface area contributed by atoms with Crippen LogP contribution in [-0.2, 0) is 0 Å². The molecule has 0 spiro atoms. The Morgan fingerprint density at radius 1 is 1.00 bits per heavy atom. The fourth-order valence-electron chi connectivity index (χ4n) is 2.42.